The number of para-hydroxylation sites is 1. The number of β-amino-alcohol motifs (C(OH)–C–C–N with tert-alkyl or cyclic N) is 1. The number of aromatic nitrogens is 1. The minimum Gasteiger partial charge on any atom is -0.390 e. The second-order valence-electron chi connectivity index (χ2n) is 10.5. The first-order valence-corrected chi connectivity index (χ1v) is 12.9. The summed E-state index contributed by atoms with van der Waals surface area (Å²) >= 11 is 6.53. The first kappa shape index (κ1) is 24.2. The normalized spacial score (nSPS) is 17.9. The molecular formula is C30H34ClN3O. The molecule has 2 N–H and O–H groups in total. The van der Waals surface area contributed by atoms with Gasteiger partial charge in [0.1, 0.15) is 5.15 Å². The number of hydrogen-bond acceptors (Lipinski definition) is 4. The Morgan fingerprint density at radius 2 is 1.77 bits per heavy atom. The Morgan fingerprint density at radius 3 is 2.60 bits per heavy atom. The Kier molecular flexibility index (Phi) is 7.08. The van der Waals surface area contributed by atoms with Crippen molar-refractivity contribution in [2.75, 3.05) is 13.1 Å². The van der Waals surface area contributed by atoms with Crippen LogP contribution in [0.3, 0.4) is 0 Å². The summed E-state index contributed by atoms with van der Waals surface area (Å²) in [5.41, 5.74) is 3.11. The van der Waals surface area contributed by atoms with Gasteiger partial charge in [-0.1, -0.05) is 72.3 Å². The quantitative estimate of drug-likeness (QED) is 0.300. The summed E-state index contributed by atoms with van der Waals surface area (Å²) < 4.78 is 0. The van der Waals surface area contributed by atoms with E-state index in [0.29, 0.717) is 18.2 Å². The van der Waals surface area contributed by atoms with Crippen molar-refractivity contribution in [3.63, 3.8) is 0 Å². The van der Waals surface area contributed by atoms with Crippen LogP contribution in [0.25, 0.3) is 21.7 Å². The molecular weight excluding hydrogens is 454 g/mol. The zero-order valence-electron chi connectivity index (χ0n) is 20.5. The lowest BCUT2D eigenvalue weighted by Crippen LogP contribution is -2.50. The lowest BCUT2D eigenvalue weighted by atomic mass is 9.93. The molecule has 0 saturated carbocycles. The number of likely N-dealkylation sites (tertiary alicyclic amines) is 1. The third-order valence-electron chi connectivity index (χ3n) is 7.23. The van der Waals surface area contributed by atoms with Gasteiger partial charge in [0.2, 0.25) is 0 Å². The van der Waals surface area contributed by atoms with Crippen molar-refractivity contribution in [2.45, 2.75) is 57.3 Å². The highest BCUT2D eigenvalue weighted by molar-refractivity contribution is 6.30. The fourth-order valence-electron chi connectivity index (χ4n) is 5.39. The van der Waals surface area contributed by atoms with Gasteiger partial charge in [0.25, 0.3) is 0 Å². The third kappa shape index (κ3) is 5.68. The van der Waals surface area contributed by atoms with Crippen LogP contribution in [0.2, 0.25) is 5.15 Å². The van der Waals surface area contributed by atoms with E-state index in [1.165, 1.54) is 16.3 Å². The van der Waals surface area contributed by atoms with Crippen molar-refractivity contribution in [3.05, 3.63) is 89.1 Å². The smallest absolute Gasteiger partial charge is 0.134 e. The molecule has 0 unspecified atom stereocenters. The average molecular weight is 488 g/mol. The number of fused-ring (bicyclic) bond motifs is 2. The third-order valence-corrected chi connectivity index (χ3v) is 7.56. The molecule has 1 aliphatic heterocycles. The fourth-order valence-corrected chi connectivity index (χ4v) is 5.59. The van der Waals surface area contributed by atoms with Gasteiger partial charge in [-0.05, 0) is 68.1 Å². The molecule has 1 saturated heterocycles. The molecule has 2 heterocycles. The Hall–Kier alpha value is -2.50. The van der Waals surface area contributed by atoms with Crippen LogP contribution in [0, 0.1) is 0 Å². The van der Waals surface area contributed by atoms with Crippen LogP contribution in [0.1, 0.15) is 37.8 Å². The van der Waals surface area contributed by atoms with E-state index >= 15 is 0 Å². The number of halogens is 1. The summed E-state index contributed by atoms with van der Waals surface area (Å²) in [7, 11) is 0. The summed E-state index contributed by atoms with van der Waals surface area (Å²) in [6.45, 7) is 6.65. The van der Waals surface area contributed by atoms with Crippen LogP contribution in [0.15, 0.2) is 72.8 Å². The topological polar surface area (TPSA) is 48.4 Å². The van der Waals surface area contributed by atoms with E-state index in [2.05, 4.69) is 83.6 Å². The predicted molar refractivity (Wildman–Crippen MR) is 146 cm³/mol. The van der Waals surface area contributed by atoms with Gasteiger partial charge in [-0.3, -0.25) is 4.90 Å². The summed E-state index contributed by atoms with van der Waals surface area (Å²) in [5.74, 6) is 0. The van der Waals surface area contributed by atoms with Gasteiger partial charge in [-0.25, -0.2) is 4.98 Å². The van der Waals surface area contributed by atoms with Crippen LogP contribution in [-0.4, -0.2) is 45.8 Å². The summed E-state index contributed by atoms with van der Waals surface area (Å²) in [6.07, 6.45) is 2.53. The molecule has 0 radical (unpaired) electrons. The first-order chi connectivity index (χ1) is 16.9. The molecule has 4 nitrogen and oxygen atoms in total. The van der Waals surface area contributed by atoms with Crippen molar-refractivity contribution in [3.8, 4) is 0 Å². The highest BCUT2D eigenvalue weighted by Gasteiger charge is 2.32. The second-order valence-corrected chi connectivity index (χ2v) is 10.9. The molecule has 5 heteroatoms. The summed E-state index contributed by atoms with van der Waals surface area (Å²) in [4.78, 5) is 6.94. The van der Waals surface area contributed by atoms with Crippen molar-refractivity contribution >= 4 is 33.3 Å². The minimum absolute atomic E-state index is 0.113. The summed E-state index contributed by atoms with van der Waals surface area (Å²) in [5, 5.41) is 19.0. The van der Waals surface area contributed by atoms with Crippen LogP contribution >= 0.6 is 11.6 Å². The highest BCUT2D eigenvalue weighted by Crippen LogP contribution is 2.27. The molecule has 5 rings (SSSR count). The zero-order chi connectivity index (χ0) is 24.4. The fraction of sp³-hybridized carbons (Fsp3) is 0.367. The number of nitrogens with zero attached hydrogens (tertiary/aromatic N) is 2. The molecule has 0 amide bonds. The maximum Gasteiger partial charge on any atom is 0.134 e. The Bertz CT molecular complexity index is 1320. The van der Waals surface area contributed by atoms with E-state index in [1.54, 1.807) is 0 Å². The zero-order valence-corrected chi connectivity index (χ0v) is 21.3. The number of aliphatic hydroxyl groups is 1. The highest BCUT2D eigenvalue weighted by atomic mass is 35.5. The van der Waals surface area contributed by atoms with E-state index < -0.39 is 6.10 Å². The number of aliphatic hydroxyl groups excluding tert-OH is 1. The summed E-state index contributed by atoms with van der Waals surface area (Å²) in [6, 6.07) is 25.4. The molecule has 182 valence electrons. The van der Waals surface area contributed by atoms with E-state index in [9.17, 15) is 5.11 Å². The molecule has 0 aliphatic carbocycles. The van der Waals surface area contributed by atoms with Crippen molar-refractivity contribution in [1.29, 1.82) is 0 Å². The monoisotopic (exact) mass is 487 g/mol. The van der Waals surface area contributed by atoms with E-state index in [0.717, 1.165) is 42.3 Å². The van der Waals surface area contributed by atoms with Gasteiger partial charge >= 0.3 is 0 Å². The van der Waals surface area contributed by atoms with Crippen LogP contribution in [0.5, 0.6) is 0 Å². The van der Waals surface area contributed by atoms with Gasteiger partial charge in [0.15, 0.2) is 0 Å². The van der Waals surface area contributed by atoms with Crippen molar-refractivity contribution < 1.29 is 5.11 Å². The largest absolute Gasteiger partial charge is 0.390 e. The molecule has 2 atom stereocenters. The van der Waals surface area contributed by atoms with E-state index in [4.69, 9.17) is 11.6 Å². The Balaban J connectivity index is 1.21. The van der Waals surface area contributed by atoms with Crippen LogP contribution in [0.4, 0.5) is 0 Å². The second kappa shape index (κ2) is 10.2. The van der Waals surface area contributed by atoms with Gasteiger partial charge in [-0.2, -0.15) is 0 Å². The number of rotatable bonds is 8. The molecule has 4 aromatic rings. The minimum atomic E-state index is -0.444. The Labute approximate surface area is 212 Å². The first-order valence-electron chi connectivity index (χ1n) is 12.6. The predicted octanol–water partition coefficient (Wildman–Crippen LogP) is 5.98. The average Bonchev–Trinajstić information content (AvgIpc) is 3.31. The molecule has 0 spiro atoms. The van der Waals surface area contributed by atoms with Gasteiger partial charge < -0.3 is 10.4 Å². The maximum absolute atomic E-state index is 11.2. The van der Waals surface area contributed by atoms with Crippen LogP contribution in [-0.2, 0) is 13.0 Å². The van der Waals surface area contributed by atoms with E-state index in [-0.39, 0.29) is 11.6 Å². The van der Waals surface area contributed by atoms with Gasteiger partial charge in [0.05, 0.1) is 11.6 Å². The van der Waals surface area contributed by atoms with Crippen molar-refractivity contribution in [1.82, 2.24) is 15.2 Å². The number of nitrogens with one attached hydrogen (secondary N) is 1. The number of pyridine rings is 1. The number of benzene rings is 3. The lowest BCUT2D eigenvalue weighted by molar-refractivity contribution is 0.0633. The molecule has 35 heavy (non-hydrogen) atoms. The molecule has 3 aromatic carbocycles. The van der Waals surface area contributed by atoms with Gasteiger partial charge in [-0.15, -0.1) is 0 Å². The standard InChI is InChI=1S/C30H34ClN3O/c1-30(2,18-21-13-14-22-8-3-4-9-23(22)16-21)32-19-28(35)27-12-7-15-34(27)20-25-17-24-10-5-6-11-26(24)33-29(25)31/h3-6,8-11,13-14,16-17,27-28,32,35H,7,12,15,18-20H2,1-2H3/t27-,28-/m1/s1. The van der Waals surface area contributed by atoms with Gasteiger partial charge in [0, 0.05) is 35.6 Å². The lowest BCUT2D eigenvalue weighted by Gasteiger charge is -2.33. The van der Waals surface area contributed by atoms with Crippen LogP contribution < -0.4 is 5.32 Å². The molecule has 1 aromatic heterocycles. The molecule has 0 bridgehead atoms. The molecule has 1 aliphatic rings. The SMILES string of the molecule is CC(C)(Cc1ccc2ccccc2c1)NC[C@@H](O)[C@H]1CCCN1Cc1cc2ccccc2nc1Cl. The number of hydrogen-bond donors (Lipinski definition) is 2. The maximum atomic E-state index is 11.2. The van der Waals surface area contributed by atoms with E-state index in [1.807, 2.05) is 18.2 Å². The van der Waals surface area contributed by atoms with Crippen molar-refractivity contribution in [2.24, 2.45) is 0 Å². The Morgan fingerprint density at radius 1 is 1.03 bits per heavy atom. The molecule has 1 fully saturated rings.